The van der Waals surface area contributed by atoms with Crippen LogP contribution in [0.5, 0.6) is 0 Å². The van der Waals surface area contributed by atoms with Gasteiger partial charge in [0.15, 0.2) is 0 Å². The van der Waals surface area contributed by atoms with E-state index in [-0.39, 0.29) is 27.3 Å². The van der Waals surface area contributed by atoms with Gasteiger partial charge in [-0.15, -0.1) is 11.3 Å². The molecule has 0 aliphatic heterocycles. The molecule has 10 heteroatoms. The molecule has 1 aromatic heterocycles. The molecule has 1 heterocycles. The molecule has 0 aliphatic carbocycles. The first-order chi connectivity index (χ1) is 14.7. The summed E-state index contributed by atoms with van der Waals surface area (Å²) in [5.74, 6) is -2.08. The van der Waals surface area contributed by atoms with Gasteiger partial charge >= 0.3 is 11.9 Å². The van der Waals surface area contributed by atoms with Gasteiger partial charge in [-0.05, 0) is 38.1 Å². The Kier molecular flexibility index (Phi) is 7.04. The van der Waals surface area contributed by atoms with Gasteiger partial charge in [0.05, 0.1) is 11.5 Å². The van der Waals surface area contributed by atoms with Gasteiger partial charge < -0.3 is 9.47 Å². The third-order valence-corrected chi connectivity index (χ3v) is 6.93. The lowest BCUT2D eigenvalue weighted by molar-refractivity contribution is -0.143. The summed E-state index contributed by atoms with van der Waals surface area (Å²) >= 11 is 1.04. The third kappa shape index (κ3) is 5.27. The number of sulfonamides is 1. The molecule has 0 unspecified atom stereocenters. The van der Waals surface area contributed by atoms with Gasteiger partial charge in [-0.1, -0.05) is 23.8 Å². The van der Waals surface area contributed by atoms with Crippen LogP contribution in [0.3, 0.4) is 0 Å². The lowest BCUT2D eigenvalue weighted by Gasteiger charge is -2.09. The van der Waals surface area contributed by atoms with E-state index in [1.807, 2.05) is 6.92 Å². The summed E-state index contributed by atoms with van der Waals surface area (Å²) in [6, 6.07) is 10.5. The van der Waals surface area contributed by atoms with Crippen LogP contribution < -0.4 is 4.72 Å². The standard InChI is InChI=1S/C21H20FNO6S2/c1-3-28-21(25)20-15(19-16(22)5-4-6-17(19)30-20)12-29-18(24)11-23-31(26,27)14-9-7-13(2)8-10-14/h4-10,23H,3,11-12H2,1-2H3. The van der Waals surface area contributed by atoms with Crippen molar-refractivity contribution < 1.29 is 31.9 Å². The molecule has 1 N–H and O–H groups in total. The van der Waals surface area contributed by atoms with Crippen LogP contribution in [-0.2, 0) is 30.9 Å². The van der Waals surface area contributed by atoms with Gasteiger partial charge in [0.25, 0.3) is 0 Å². The molecule has 0 saturated carbocycles. The maximum absolute atomic E-state index is 14.4. The molecule has 0 radical (unpaired) electrons. The van der Waals surface area contributed by atoms with E-state index < -0.39 is 40.9 Å². The number of fused-ring (bicyclic) bond motifs is 1. The molecule has 0 bridgehead atoms. The van der Waals surface area contributed by atoms with E-state index in [1.165, 1.54) is 24.3 Å². The second kappa shape index (κ2) is 9.54. The quantitative estimate of drug-likeness (QED) is 0.511. The zero-order valence-corrected chi connectivity index (χ0v) is 18.4. The smallest absolute Gasteiger partial charge is 0.348 e. The Morgan fingerprint density at radius 2 is 1.81 bits per heavy atom. The van der Waals surface area contributed by atoms with Crippen molar-refractivity contribution in [2.45, 2.75) is 25.3 Å². The van der Waals surface area contributed by atoms with Gasteiger partial charge in [0.1, 0.15) is 23.8 Å². The van der Waals surface area contributed by atoms with Crippen molar-refractivity contribution in [1.29, 1.82) is 0 Å². The molecule has 31 heavy (non-hydrogen) atoms. The number of hydrogen-bond donors (Lipinski definition) is 1. The molecule has 0 fully saturated rings. The van der Waals surface area contributed by atoms with Crippen LogP contribution in [0, 0.1) is 12.7 Å². The Labute approximate surface area is 182 Å². The minimum absolute atomic E-state index is 0.0152. The van der Waals surface area contributed by atoms with E-state index in [9.17, 15) is 22.4 Å². The van der Waals surface area contributed by atoms with Crippen LogP contribution in [-0.4, -0.2) is 33.5 Å². The fraction of sp³-hybridized carbons (Fsp3) is 0.238. The second-order valence-electron chi connectivity index (χ2n) is 6.54. The lowest BCUT2D eigenvalue weighted by atomic mass is 10.1. The first kappa shape index (κ1) is 22.9. The number of nitrogens with one attached hydrogen (secondary N) is 1. The summed E-state index contributed by atoms with van der Waals surface area (Å²) in [5.41, 5.74) is 1.08. The van der Waals surface area contributed by atoms with Crippen molar-refractivity contribution in [3.63, 3.8) is 0 Å². The average molecular weight is 466 g/mol. The summed E-state index contributed by atoms with van der Waals surface area (Å²) in [5, 5.41) is 0.170. The van der Waals surface area contributed by atoms with Gasteiger partial charge in [-0.25, -0.2) is 17.6 Å². The molecular weight excluding hydrogens is 445 g/mol. The summed E-state index contributed by atoms with van der Waals surface area (Å²) < 4.78 is 51.8. The zero-order valence-electron chi connectivity index (χ0n) is 16.8. The number of aryl methyl sites for hydroxylation is 1. The Morgan fingerprint density at radius 3 is 2.48 bits per heavy atom. The van der Waals surface area contributed by atoms with Crippen molar-refractivity contribution in [2.75, 3.05) is 13.2 Å². The predicted molar refractivity (Wildman–Crippen MR) is 114 cm³/mol. The topological polar surface area (TPSA) is 98.8 Å². The molecular formula is C21H20FNO6S2. The highest BCUT2D eigenvalue weighted by Crippen LogP contribution is 2.34. The number of carbonyl (C=O) groups excluding carboxylic acids is 2. The van der Waals surface area contributed by atoms with Gasteiger partial charge in [-0.3, -0.25) is 4.79 Å². The van der Waals surface area contributed by atoms with Crippen molar-refractivity contribution in [2.24, 2.45) is 0 Å². The van der Waals surface area contributed by atoms with Crippen molar-refractivity contribution in [1.82, 2.24) is 4.72 Å². The van der Waals surface area contributed by atoms with Crippen LogP contribution >= 0.6 is 11.3 Å². The minimum atomic E-state index is -3.90. The number of thiophene rings is 1. The number of carbonyl (C=O) groups is 2. The number of rotatable bonds is 8. The summed E-state index contributed by atoms with van der Waals surface area (Å²) in [7, 11) is -3.90. The highest BCUT2D eigenvalue weighted by atomic mass is 32.2. The molecule has 0 aliphatic rings. The third-order valence-electron chi connectivity index (χ3n) is 4.34. The van der Waals surface area contributed by atoms with Crippen molar-refractivity contribution >= 4 is 43.4 Å². The molecule has 3 aromatic rings. The SMILES string of the molecule is CCOC(=O)c1sc2cccc(F)c2c1COC(=O)CNS(=O)(=O)c1ccc(C)cc1. The first-order valence-corrected chi connectivity index (χ1v) is 11.6. The number of ether oxygens (including phenoxy) is 2. The second-order valence-corrected chi connectivity index (χ2v) is 9.36. The van der Waals surface area contributed by atoms with Crippen molar-refractivity contribution in [3.8, 4) is 0 Å². The van der Waals surface area contributed by atoms with Gasteiger partial charge in [0.2, 0.25) is 10.0 Å². The van der Waals surface area contributed by atoms with E-state index in [1.54, 1.807) is 25.1 Å². The summed E-state index contributed by atoms with van der Waals surface area (Å²) in [4.78, 5) is 24.6. The molecule has 0 saturated heterocycles. The monoisotopic (exact) mass is 465 g/mol. The maximum atomic E-state index is 14.4. The fourth-order valence-electron chi connectivity index (χ4n) is 2.82. The minimum Gasteiger partial charge on any atom is -0.462 e. The molecule has 164 valence electrons. The fourth-order valence-corrected chi connectivity index (χ4v) is 4.91. The van der Waals surface area contributed by atoms with Gasteiger partial charge in [-0.2, -0.15) is 4.72 Å². The Bertz CT molecular complexity index is 1220. The predicted octanol–water partition coefficient (Wildman–Crippen LogP) is 3.55. The number of benzene rings is 2. The van der Waals surface area contributed by atoms with E-state index >= 15 is 0 Å². The number of esters is 2. The molecule has 0 amide bonds. The summed E-state index contributed by atoms with van der Waals surface area (Å²) in [6.45, 7) is 2.58. The zero-order chi connectivity index (χ0) is 22.6. The van der Waals surface area contributed by atoms with Crippen LogP contribution in [0.4, 0.5) is 4.39 Å². The molecule has 0 spiro atoms. The number of halogens is 1. The molecule has 7 nitrogen and oxygen atoms in total. The lowest BCUT2D eigenvalue weighted by Crippen LogP contribution is -2.30. The van der Waals surface area contributed by atoms with Crippen LogP contribution in [0.1, 0.15) is 27.7 Å². The van der Waals surface area contributed by atoms with Crippen LogP contribution in [0.2, 0.25) is 0 Å². The van der Waals surface area contributed by atoms with Crippen LogP contribution in [0.15, 0.2) is 47.4 Å². The Hall–Kier alpha value is -2.82. The van der Waals surface area contributed by atoms with Crippen molar-refractivity contribution in [3.05, 3.63) is 64.3 Å². The number of hydrogen-bond acceptors (Lipinski definition) is 7. The normalized spacial score (nSPS) is 11.5. The van der Waals surface area contributed by atoms with Gasteiger partial charge in [0, 0.05) is 15.6 Å². The Balaban J connectivity index is 1.73. The first-order valence-electron chi connectivity index (χ1n) is 9.32. The Morgan fingerprint density at radius 1 is 1.10 bits per heavy atom. The molecule has 2 aromatic carbocycles. The average Bonchev–Trinajstić information content (AvgIpc) is 3.11. The maximum Gasteiger partial charge on any atom is 0.348 e. The largest absolute Gasteiger partial charge is 0.462 e. The highest BCUT2D eigenvalue weighted by molar-refractivity contribution is 7.89. The van der Waals surface area contributed by atoms with E-state index in [0.717, 1.165) is 16.9 Å². The van der Waals surface area contributed by atoms with E-state index in [2.05, 4.69) is 4.72 Å². The molecule has 0 atom stereocenters. The van der Waals surface area contributed by atoms with Crippen LogP contribution in [0.25, 0.3) is 10.1 Å². The summed E-state index contributed by atoms with van der Waals surface area (Å²) in [6.07, 6.45) is 0. The highest BCUT2D eigenvalue weighted by Gasteiger charge is 2.23. The van der Waals surface area contributed by atoms with E-state index in [0.29, 0.717) is 4.70 Å². The van der Waals surface area contributed by atoms with E-state index in [4.69, 9.17) is 9.47 Å². The molecule has 3 rings (SSSR count).